The zero-order valence-electron chi connectivity index (χ0n) is 16.4. The number of hydrogen-bond acceptors (Lipinski definition) is 6. The van der Waals surface area contributed by atoms with Crippen LogP contribution in [0.25, 0.3) is 22.3 Å². The number of nitrogens with zero attached hydrogens (tertiary/aromatic N) is 5. The van der Waals surface area contributed by atoms with Crippen LogP contribution in [0, 0.1) is 5.92 Å². The van der Waals surface area contributed by atoms with Crippen molar-refractivity contribution in [3.8, 4) is 11.3 Å². The zero-order valence-corrected chi connectivity index (χ0v) is 16.4. The summed E-state index contributed by atoms with van der Waals surface area (Å²) in [5.41, 5.74) is 11.6. The molecule has 2 aromatic heterocycles. The molecule has 3 aromatic rings. The number of para-hydroxylation sites is 2. The van der Waals surface area contributed by atoms with Crippen molar-refractivity contribution < 1.29 is 5.21 Å². The quantitative estimate of drug-likeness (QED) is 0.693. The number of benzene rings is 1. The molecule has 2 saturated carbocycles. The first-order chi connectivity index (χ1) is 14.2. The van der Waals surface area contributed by atoms with E-state index in [0.717, 1.165) is 59.5 Å². The summed E-state index contributed by atoms with van der Waals surface area (Å²) < 4.78 is 2.15. The van der Waals surface area contributed by atoms with Crippen LogP contribution in [-0.4, -0.2) is 43.1 Å². The van der Waals surface area contributed by atoms with Gasteiger partial charge in [0.15, 0.2) is 0 Å². The summed E-state index contributed by atoms with van der Waals surface area (Å²) in [6.45, 7) is 1.43. The van der Waals surface area contributed by atoms with Gasteiger partial charge in [0.05, 0.1) is 40.2 Å². The Hall–Kier alpha value is -2.35. The number of hydroxylamine groups is 2. The summed E-state index contributed by atoms with van der Waals surface area (Å²) in [6, 6.07) is 8.31. The third kappa shape index (κ3) is 2.87. The second kappa shape index (κ2) is 6.58. The van der Waals surface area contributed by atoms with Gasteiger partial charge < -0.3 is 10.9 Å². The van der Waals surface area contributed by atoms with Gasteiger partial charge in [-0.25, -0.2) is 9.97 Å². The van der Waals surface area contributed by atoms with Crippen LogP contribution in [0.5, 0.6) is 0 Å². The molecule has 0 radical (unpaired) electrons. The van der Waals surface area contributed by atoms with E-state index in [0.29, 0.717) is 24.4 Å². The maximum atomic E-state index is 10.2. The number of fused-ring (bicyclic) bond motifs is 1. The maximum absolute atomic E-state index is 10.2. The first kappa shape index (κ1) is 17.5. The molecule has 3 aliphatic rings. The number of aromatic nitrogens is 4. The lowest BCUT2D eigenvalue weighted by Crippen LogP contribution is -2.38. The maximum Gasteiger partial charge on any atom is 0.0976 e. The molecule has 3 fully saturated rings. The monoisotopic (exact) mass is 390 g/mol. The van der Waals surface area contributed by atoms with Gasteiger partial charge in [0.25, 0.3) is 0 Å². The van der Waals surface area contributed by atoms with Gasteiger partial charge in [-0.1, -0.05) is 12.1 Å². The fraction of sp³-hybridized carbons (Fsp3) is 0.500. The molecule has 150 valence electrons. The minimum atomic E-state index is -0.0946. The van der Waals surface area contributed by atoms with Gasteiger partial charge in [0.1, 0.15) is 0 Å². The summed E-state index contributed by atoms with van der Waals surface area (Å²) in [7, 11) is 0. The van der Waals surface area contributed by atoms with Gasteiger partial charge in [-0.05, 0) is 56.7 Å². The Balaban J connectivity index is 1.48. The lowest BCUT2D eigenvalue weighted by molar-refractivity contribution is -0.185. The zero-order chi connectivity index (χ0) is 19.5. The second-order valence-electron chi connectivity index (χ2n) is 8.82. The Morgan fingerprint density at radius 1 is 1.03 bits per heavy atom. The molecule has 1 aliphatic heterocycles. The van der Waals surface area contributed by atoms with Crippen molar-refractivity contribution in [2.75, 3.05) is 13.1 Å². The molecule has 1 aromatic carbocycles. The van der Waals surface area contributed by atoms with Crippen LogP contribution in [0.2, 0.25) is 0 Å². The van der Waals surface area contributed by atoms with E-state index in [1.165, 1.54) is 17.9 Å². The molecule has 7 heteroatoms. The molecule has 29 heavy (non-hydrogen) atoms. The largest absolute Gasteiger partial charge is 0.330 e. The topological polar surface area (TPSA) is 93.1 Å². The molecule has 7 nitrogen and oxygen atoms in total. The average molecular weight is 390 g/mol. The van der Waals surface area contributed by atoms with Crippen molar-refractivity contribution >= 4 is 11.0 Å². The lowest BCUT2D eigenvalue weighted by Gasteiger charge is -2.35. The molecule has 1 saturated heterocycles. The Bertz CT molecular complexity index is 1070. The van der Waals surface area contributed by atoms with Crippen LogP contribution in [0.15, 0.2) is 30.5 Å². The van der Waals surface area contributed by atoms with Crippen LogP contribution >= 0.6 is 0 Å². The van der Waals surface area contributed by atoms with E-state index in [2.05, 4.69) is 10.9 Å². The third-order valence-electron chi connectivity index (χ3n) is 6.80. The second-order valence-corrected chi connectivity index (χ2v) is 8.82. The predicted molar refractivity (Wildman–Crippen MR) is 109 cm³/mol. The highest BCUT2D eigenvalue weighted by Gasteiger charge is 2.38. The van der Waals surface area contributed by atoms with Crippen LogP contribution in [0.4, 0.5) is 0 Å². The smallest absolute Gasteiger partial charge is 0.0976 e. The normalized spacial score (nSPS) is 27.0. The first-order valence-electron chi connectivity index (χ1n) is 10.7. The standard InChI is InChI=1S/C22H26N6O/c23-11-13-9-15(10-13)27-12-16(20(26-27)14-5-6-14)21-22(19-7-8-28(19)29)25-18-4-2-1-3-17(18)24-21/h1-4,12-15,19,29H,5-11,23H2. The molecule has 3 heterocycles. The number of hydrogen-bond donors (Lipinski definition) is 2. The Morgan fingerprint density at radius 3 is 2.41 bits per heavy atom. The van der Waals surface area contributed by atoms with Crippen molar-refractivity contribution in [3.05, 3.63) is 41.9 Å². The van der Waals surface area contributed by atoms with Crippen LogP contribution in [0.1, 0.15) is 61.5 Å². The minimum Gasteiger partial charge on any atom is -0.330 e. The van der Waals surface area contributed by atoms with Gasteiger partial charge in [-0.3, -0.25) is 4.68 Å². The molecule has 1 atom stereocenters. The van der Waals surface area contributed by atoms with Crippen LogP contribution in [-0.2, 0) is 0 Å². The van der Waals surface area contributed by atoms with Gasteiger partial charge >= 0.3 is 0 Å². The fourth-order valence-electron chi connectivity index (χ4n) is 4.64. The van der Waals surface area contributed by atoms with E-state index in [1.54, 1.807) is 0 Å². The summed E-state index contributed by atoms with van der Waals surface area (Å²) in [6.07, 6.45) is 7.64. The van der Waals surface area contributed by atoms with Crippen LogP contribution in [0.3, 0.4) is 0 Å². The summed E-state index contributed by atoms with van der Waals surface area (Å²) in [5.74, 6) is 1.13. The average Bonchev–Trinajstić information content (AvgIpc) is 3.45. The van der Waals surface area contributed by atoms with Gasteiger partial charge in [0, 0.05) is 24.2 Å². The Morgan fingerprint density at radius 2 is 1.79 bits per heavy atom. The van der Waals surface area contributed by atoms with Gasteiger partial charge in [0.2, 0.25) is 0 Å². The third-order valence-corrected chi connectivity index (χ3v) is 6.80. The van der Waals surface area contributed by atoms with E-state index < -0.39 is 0 Å². The lowest BCUT2D eigenvalue weighted by atomic mass is 9.80. The molecule has 6 rings (SSSR count). The van der Waals surface area contributed by atoms with Crippen molar-refractivity contribution in [1.29, 1.82) is 0 Å². The predicted octanol–water partition coefficient (Wildman–Crippen LogP) is 3.42. The van der Waals surface area contributed by atoms with Gasteiger partial charge in [-0.2, -0.15) is 10.2 Å². The Kier molecular flexibility index (Phi) is 3.97. The summed E-state index contributed by atoms with van der Waals surface area (Å²) in [5, 5.41) is 16.6. The molecule has 3 N–H and O–H groups in total. The number of rotatable bonds is 5. The minimum absolute atomic E-state index is 0.0946. The van der Waals surface area contributed by atoms with E-state index >= 15 is 0 Å². The highest BCUT2D eigenvalue weighted by molar-refractivity contribution is 5.79. The molecule has 0 amide bonds. The molecular formula is C22H26N6O. The highest BCUT2D eigenvalue weighted by atomic mass is 16.5. The van der Waals surface area contributed by atoms with Gasteiger partial charge in [-0.15, -0.1) is 0 Å². The fourth-order valence-corrected chi connectivity index (χ4v) is 4.64. The molecule has 0 bridgehead atoms. The van der Waals surface area contributed by atoms with Crippen molar-refractivity contribution in [3.63, 3.8) is 0 Å². The first-order valence-corrected chi connectivity index (χ1v) is 10.7. The molecule has 1 unspecified atom stereocenters. The summed E-state index contributed by atoms with van der Waals surface area (Å²) >= 11 is 0. The van der Waals surface area contributed by atoms with E-state index in [-0.39, 0.29) is 6.04 Å². The van der Waals surface area contributed by atoms with Crippen LogP contribution < -0.4 is 5.73 Å². The van der Waals surface area contributed by atoms with E-state index in [4.69, 9.17) is 20.8 Å². The highest BCUT2D eigenvalue weighted by Crippen LogP contribution is 2.47. The summed E-state index contributed by atoms with van der Waals surface area (Å²) in [4.78, 5) is 9.97. The van der Waals surface area contributed by atoms with E-state index in [1.807, 2.05) is 24.3 Å². The van der Waals surface area contributed by atoms with Crippen molar-refractivity contribution in [1.82, 2.24) is 24.8 Å². The molecule has 0 spiro atoms. The van der Waals surface area contributed by atoms with Crippen molar-refractivity contribution in [2.45, 2.75) is 50.1 Å². The van der Waals surface area contributed by atoms with Crippen molar-refractivity contribution in [2.24, 2.45) is 11.7 Å². The molecular weight excluding hydrogens is 364 g/mol. The Labute approximate surface area is 169 Å². The molecule has 2 aliphatic carbocycles. The van der Waals surface area contributed by atoms with E-state index in [9.17, 15) is 5.21 Å². The number of nitrogens with two attached hydrogens (primary N) is 1. The SMILES string of the molecule is NCC1CC(n2cc(-c3nc4ccccc4nc3C3CCN3O)c(C3CC3)n2)C1.